The van der Waals surface area contributed by atoms with E-state index in [0.717, 1.165) is 6.07 Å². The van der Waals surface area contributed by atoms with E-state index in [4.69, 9.17) is 27.9 Å². The first-order valence-corrected chi connectivity index (χ1v) is 9.30. The standard InChI is InChI=1S/C18H13Cl2F3N4O2/c19-11-2-1-10(7-12(11)20)13-8-15(18(21,22)23)27-16(24-13)9-14(25-27)17(28)26-3-5-29-6-4-26/h1-2,7-9H,3-6H2. The van der Waals surface area contributed by atoms with E-state index in [9.17, 15) is 18.0 Å². The highest BCUT2D eigenvalue weighted by atomic mass is 35.5. The van der Waals surface area contributed by atoms with Crippen LogP contribution in [0.2, 0.25) is 10.0 Å². The number of rotatable bonds is 2. The Morgan fingerprint density at radius 3 is 2.45 bits per heavy atom. The van der Waals surface area contributed by atoms with Crippen LogP contribution in [0.1, 0.15) is 16.2 Å². The molecular weight excluding hydrogens is 432 g/mol. The summed E-state index contributed by atoms with van der Waals surface area (Å²) in [5.41, 5.74) is -0.874. The maximum absolute atomic E-state index is 13.7. The molecule has 0 saturated carbocycles. The van der Waals surface area contributed by atoms with Crippen molar-refractivity contribution in [2.45, 2.75) is 6.18 Å². The van der Waals surface area contributed by atoms with Crippen LogP contribution < -0.4 is 0 Å². The molecule has 0 unspecified atom stereocenters. The molecule has 152 valence electrons. The monoisotopic (exact) mass is 444 g/mol. The molecule has 0 aliphatic carbocycles. The van der Waals surface area contributed by atoms with Gasteiger partial charge in [0, 0.05) is 24.7 Å². The molecule has 4 rings (SSSR count). The van der Waals surface area contributed by atoms with Crippen LogP contribution >= 0.6 is 23.2 Å². The topological polar surface area (TPSA) is 59.7 Å². The summed E-state index contributed by atoms with van der Waals surface area (Å²) in [4.78, 5) is 18.3. The predicted molar refractivity (Wildman–Crippen MR) is 100 cm³/mol. The minimum atomic E-state index is -4.71. The zero-order valence-corrected chi connectivity index (χ0v) is 16.2. The molecular formula is C18H13Cl2F3N4O2. The maximum Gasteiger partial charge on any atom is 0.433 e. The fourth-order valence-corrected chi connectivity index (χ4v) is 3.31. The van der Waals surface area contributed by atoms with E-state index in [1.165, 1.54) is 29.2 Å². The number of halogens is 5. The van der Waals surface area contributed by atoms with Gasteiger partial charge in [-0.15, -0.1) is 0 Å². The van der Waals surface area contributed by atoms with Crippen molar-refractivity contribution >= 4 is 34.8 Å². The molecule has 29 heavy (non-hydrogen) atoms. The Balaban J connectivity index is 1.83. The number of alkyl halides is 3. The van der Waals surface area contributed by atoms with Crippen molar-refractivity contribution < 1.29 is 22.7 Å². The minimum Gasteiger partial charge on any atom is -0.378 e. The molecule has 1 aliphatic heterocycles. The Bertz CT molecular complexity index is 1090. The van der Waals surface area contributed by atoms with E-state index in [1.54, 1.807) is 0 Å². The van der Waals surface area contributed by atoms with Gasteiger partial charge < -0.3 is 9.64 Å². The summed E-state index contributed by atoms with van der Waals surface area (Å²) in [5, 5.41) is 4.34. The molecule has 1 aliphatic rings. The van der Waals surface area contributed by atoms with Gasteiger partial charge in [-0.3, -0.25) is 4.79 Å². The van der Waals surface area contributed by atoms with Crippen molar-refractivity contribution in [3.63, 3.8) is 0 Å². The van der Waals surface area contributed by atoms with Crippen molar-refractivity contribution in [1.82, 2.24) is 19.5 Å². The Morgan fingerprint density at radius 2 is 1.79 bits per heavy atom. The van der Waals surface area contributed by atoms with Gasteiger partial charge in [0.1, 0.15) is 0 Å². The number of ether oxygens (including phenoxy) is 1. The lowest BCUT2D eigenvalue weighted by molar-refractivity contribution is -0.142. The number of nitrogens with zero attached hydrogens (tertiary/aromatic N) is 4. The smallest absolute Gasteiger partial charge is 0.378 e. The van der Waals surface area contributed by atoms with Crippen molar-refractivity contribution in [1.29, 1.82) is 0 Å². The molecule has 3 heterocycles. The van der Waals surface area contributed by atoms with E-state index in [1.807, 2.05) is 0 Å². The van der Waals surface area contributed by atoms with Gasteiger partial charge in [-0.1, -0.05) is 29.3 Å². The molecule has 11 heteroatoms. The van der Waals surface area contributed by atoms with Crippen LogP contribution in [0.25, 0.3) is 16.9 Å². The molecule has 2 aromatic heterocycles. The average molecular weight is 445 g/mol. The highest BCUT2D eigenvalue weighted by molar-refractivity contribution is 6.42. The minimum absolute atomic E-state index is 0.0358. The first-order chi connectivity index (χ1) is 13.7. The molecule has 1 amide bonds. The number of benzene rings is 1. The van der Waals surface area contributed by atoms with E-state index in [-0.39, 0.29) is 27.1 Å². The second-order valence-electron chi connectivity index (χ2n) is 6.36. The predicted octanol–water partition coefficient (Wildman–Crippen LogP) is 4.19. The SMILES string of the molecule is O=C(c1cc2nc(-c3ccc(Cl)c(Cl)c3)cc(C(F)(F)F)n2n1)N1CCOCC1. The molecule has 3 aromatic rings. The van der Waals surface area contributed by atoms with Gasteiger partial charge in [0.2, 0.25) is 0 Å². The highest BCUT2D eigenvalue weighted by Gasteiger charge is 2.36. The summed E-state index contributed by atoms with van der Waals surface area (Å²) in [6.45, 7) is 1.43. The number of aromatic nitrogens is 3. The third-order valence-corrected chi connectivity index (χ3v) is 5.19. The Hall–Kier alpha value is -2.36. The van der Waals surface area contributed by atoms with Crippen molar-refractivity contribution in [2.24, 2.45) is 0 Å². The van der Waals surface area contributed by atoms with E-state index < -0.39 is 17.8 Å². The van der Waals surface area contributed by atoms with Gasteiger partial charge in [0.05, 0.1) is 29.0 Å². The van der Waals surface area contributed by atoms with Gasteiger partial charge in [-0.25, -0.2) is 9.50 Å². The molecule has 0 atom stereocenters. The molecule has 1 fully saturated rings. The molecule has 0 N–H and O–H groups in total. The number of carbonyl (C=O) groups is 1. The van der Waals surface area contributed by atoms with Crippen LogP contribution in [0, 0.1) is 0 Å². The fourth-order valence-electron chi connectivity index (χ4n) is 3.01. The Kier molecular flexibility index (Phi) is 5.14. The molecule has 0 radical (unpaired) electrons. The Morgan fingerprint density at radius 1 is 1.07 bits per heavy atom. The third kappa shape index (κ3) is 3.90. The molecule has 1 aromatic carbocycles. The average Bonchev–Trinajstić information content (AvgIpc) is 3.12. The number of carbonyl (C=O) groups excluding carboxylic acids is 1. The summed E-state index contributed by atoms with van der Waals surface area (Å²) in [7, 11) is 0. The number of morpholine rings is 1. The Labute approximate surface area is 172 Å². The summed E-state index contributed by atoms with van der Waals surface area (Å²) in [6.07, 6.45) is -4.71. The molecule has 0 bridgehead atoms. The lowest BCUT2D eigenvalue weighted by Crippen LogP contribution is -2.40. The van der Waals surface area contributed by atoms with Gasteiger partial charge in [0.15, 0.2) is 17.0 Å². The molecule has 0 spiro atoms. The first kappa shape index (κ1) is 19.9. The highest BCUT2D eigenvalue weighted by Crippen LogP contribution is 2.34. The van der Waals surface area contributed by atoms with Crippen molar-refractivity contribution in [2.75, 3.05) is 26.3 Å². The zero-order valence-electron chi connectivity index (χ0n) is 14.7. The van der Waals surface area contributed by atoms with Crippen LogP contribution in [0.15, 0.2) is 30.3 Å². The van der Waals surface area contributed by atoms with Gasteiger partial charge in [0.25, 0.3) is 5.91 Å². The molecule has 1 saturated heterocycles. The zero-order chi connectivity index (χ0) is 20.8. The van der Waals surface area contributed by atoms with E-state index >= 15 is 0 Å². The third-order valence-electron chi connectivity index (χ3n) is 4.45. The van der Waals surface area contributed by atoms with E-state index in [2.05, 4.69) is 10.1 Å². The fraction of sp³-hybridized carbons (Fsp3) is 0.278. The number of hydrogen-bond acceptors (Lipinski definition) is 4. The van der Waals surface area contributed by atoms with Crippen LogP contribution in [0.3, 0.4) is 0 Å². The van der Waals surface area contributed by atoms with Gasteiger partial charge >= 0.3 is 6.18 Å². The van der Waals surface area contributed by atoms with Crippen molar-refractivity contribution in [3.8, 4) is 11.3 Å². The maximum atomic E-state index is 13.7. The van der Waals surface area contributed by atoms with Crippen molar-refractivity contribution in [3.05, 3.63) is 51.8 Å². The van der Waals surface area contributed by atoms with Crippen LogP contribution in [-0.4, -0.2) is 51.7 Å². The second kappa shape index (κ2) is 7.47. The lowest BCUT2D eigenvalue weighted by Gasteiger charge is -2.25. The number of fused-ring (bicyclic) bond motifs is 1. The summed E-state index contributed by atoms with van der Waals surface area (Å²) in [6, 6.07) is 6.53. The van der Waals surface area contributed by atoms with Crippen LogP contribution in [0.5, 0.6) is 0 Å². The number of hydrogen-bond donors (Lipinski definition) is 0. The van der Waals surface area contributed by atoms with Gasteiger partial charge in [-0.2, -0.15) is 18.3 Å². The van der Waals surface area contributed by atoms with E-state index in [0.29, 0.717) is 36.4 Å². The largest absolute Gasteiger partial charge is 0.433 e. The second-order valence-corrected chi connectivity index (χ2v) is 7.17. The summed E-state index contributed by atoms with van der Waals surface area (Å²) >= 11 is 11.9. The molecule has 6 nitrogen and oxygen atoms in total. The van der Waals surface area contributed by atoms with Gasteiger partial charge in [-0.05, 0) is 18.2 Å². The summed E-state index contributed by atoms with van der Waals surface area (Å²) in [5.74, 6) is -0.469. The van der Waals surface area contributed by atoms with Crippen LogP contribution in [0.4, 0.5) is 13.2 Å². The quantitative estimate of drug-likeness (QED) is 0.594. The number of amides is 1. The normalized spacial score (nSPS) is 15.1. The van der Waals surface area contributed by atoms with Crippen LogP contribution in [-0.2, 0) is 10.9 Å². The summed E-state index contributed by atoms with van der Waals surface area (Å²) < 4.78 is 46.8. The first-order valence-electron chi connectivity index (χ1n) is 8.54. The lowest BCUT2D eigenvalue weighted by atomic mass is 10.1.